The van der Waals surface area contributed by atoms with Gasteiger partial charge in [-0.05, 0) is 40.2 Å². The summed E-state index contributed by atoms with van der Waals surface area (Å²) in [5.74, 6) is -4.49. The first-order valence-electron chi connectivity index (χ1n) is 11.2. The molecule has 0 spiro atoms. The smallest absolute Gasteiger partial charge is 0.326 e. The Morgan fingerprint density at radius 1 is 1.12 bits per heavy atom. The lowest BCUT2D eigenvalue weighted by molar-refractivity contribution is -0.148. The van der Waals surface area contributed by atoms with Crippen LogP contribution in [-0.4, -0.2) is 107 Å². The fraction of sp³-hybridized carbons (Fsp3) is 0.762. The highest BCUT2D eigenvalue weighted by molar-refractivity contribution is 5.90. The van der Waals surface area contributed by atoms with Gasteiger partial charge in [0.15, 0.2) is 0 Å². The number of likely N-dealkylation sites (N-methyl/N-ethyl adjacent to an activating group) is 1. The van der Waals surface area contributed by atoms with Crippen molar-refractivity contribution >= 4 is 29.7 Å². The molecule has 1 fully saturated rings. The predicted molar refractivity (Wildman–Crippen MR) is 119 cm³/mol. The van der Waals surface area contributed by atoms with E-state index in [1.807, 2.05) is 0 Å². The molecule has 6 atom stereocenters. The Morgan fingerprint density at radius 2 is 1.76 bits per heavy atom. The summed E-state index contributed by atoms with van der Waals surface area (Å²) in [5, 5.41) is 35.6. The third-order valence-electron chi connectivity index (χ3n) is 5.85. The average molecular weight is 489 g/mol. The van der Waals surface area contributed by atoms with Crippen molar-refractivity contribution in [2.45, 2.75) is 82.3 Å². The number of likely N-dealkylation sites (tertiary alicyclic amines) is 1. The Labute approximate surface area is 198 Å². The lowest BCUT2D eigenvalue weighted by atomic mass is 9.93. The van der Waals surface area contributed by atoms with E-state index in [0.29, 0.717) is 19.4 Å². The highest BCUT2D eigenvalue weighted by Crippen LogP contribution is 2.25. The van der Waals surface area contributed by atoms with Crippen molar-refractivity contribution in [2.75, 3.05) is 20.7 Å². The molecule has 1 saturated heterocycles. The number of methoxy groups -OCH3 is 1. The van der Waals surface area contributed by atoms with Crippen LogP contribution in [0.15, 0.2) is 0 Å². The average Bonchev–Trinajstić information content (AvgIpc) is 2.78. The minimum atomic E-state index is -1.57. The minimum absolute atomic E-state index is 0.114. The Morgan fingerprint density at radius 3 is 2.26 bits per heavy atom. The summed E-state index contributed by atoms with van der Waals surface area (Å²) in [6.45, 7) is 3.32. The molecule has 6 N–H and O–H groups in total. The van der Waals surface area contributed by atoms with E-state index in [2.05, 4.69) is 16.0 Å². The number of piperidine rings is 1. The number of hydrogen-bond donors (Lipinski definition) is 6. The normalized spacial score (nSPS) is 21.6. The third kappa shape index (κ3) is 8.54. The van der Waals surface area contributed by atoms with Gasteiger partial charge in [-0.3, -0.25) is 19.2 Å². The molecule has 0 bridgehead atoms. The monoisotopic (exact) mass is 488 g/mol. The lowest BCUT2D eigenvalue weighted by Gasteiger charge is -2.42. The molecule has 1 aliphatic heterocycles. The fourth-order valence-electron chi connectivity index (χ4n) is 3.81. The topological polar surface area (TPSA) is 195 Å². The number of carbonyl (C=O) groups is 5. The van der Waals surface area contributed by atoms with Crippen LogP contribution >= 0.6 is 0 Å². The second kappa shape index (κ2) is 13.8. The number of carboxylic acid groups (broad SMARTS) is 2. The summed E-state index contributed by atoms with van der Waals surface area (Å²) in [4.78, 5) is 61.5. The number of nitrogens with zero attached hydrogens (tertiary/aromatic N) is 1. The zero-order chi connectivity index (χ0) is 26.0. The van der Waals surface area contributed by atoms with Crippen molar-refractivity contribution in [1.29, 1.82) is 0 Å². The molecule has 34 heavy (non-hydrogen) atoms. The van der Waals surface area contributed by atoms with Crippen molar-refractivity contribution in [3.05, 3.63) is 0 Å². The number of carbonyl (C=O) groups excluding carboxylic acids is 3. The highest BCUT2D eigenvalue weighted by atomic mass is 16.5. The van der Waals surface area contributed by atoms with Gasteiger partial charge in [-0.1, -0.05) is 0 Å². The van der Waals surface area contributed by atoms with Gasteiger partial charge in [-0.2, -0.15) is 0 Å². The van der Waals surface area contributed by atoms with E-state index >= 15 is 0 Å². The number of aliphatic carboxylic acids is 2. The summed E-state index contributed by atoms with van der Waals surface area (Å²) in [5.41, 5.74) is 0. The van der Waals surface area contributed by atoms with Crippen LogP contribution in [0.2, 0.25) is 0 Å². The van der Waals surface area contributed by atoms with Crippen molar-refractivity contribution in [2.24, 2.45) is 0 Å². The maximum atomic E-state index is 13.3. The molecule has 0 unspecified atom stereocenters. The van der Waals surface area contributed by atoms with Gasteiger partial charge in [0, 0.05) is 20.1 Å². The van der Waals surface area contributed by atoms with E-state index in [1.165, 1.54) is 18.9 Å². The molecular formula is C21H36N4O9. The molecule has 1 rings (SSSR count). The Balaban J connectivity index is 2.97. The van der Waals surface area contributed by atoms with E-state index in [0.717, 1.165) is 0 Å². The van der Waals surface area contributed by atoms with E-state index in [9.17, 15) is 29.1 Å². The second-order valence-electron chi connectivity index (χ2n) is 8.35. The standard InChI is InChI=1S/C21H36N4O9/c1-11(22-3)19(30)24-18(12(2)26)20(31)25-9-5-6-15(34-4)14(25)7-8-16(27)23-13(21(32)33)10-17(28)29/h11-15,18,22,26H,5-10H2,1-4H3,(H,23,27)(H,24,30)(H,28,29)(H,32,33)/t11-,12+,13+,14-,15-,18+/m1/s1. The maximum absolute atomic E-state index is 13.3. The van der Waals surface area contributed by atoms with Gasteiger partial charge in [0.05, 0.1) is 30.7 Å². The van der Waals surface area contributed by atoms with Crippen LogP contribution in [-0.2, 0) is 28.7 Å². The van der Waals surface area contributed by atoms with Crippen LogP contribution in [0.25, 0.3) is 0 Å². The predicted octanol–water partition coefficient (Wildman–Crippen LogP) is -1.71. The zero-order valence-corrected chi connectivity index (χ0v) is 19.9. The van der Waals surface area contributed by atoms with Crippen LogP contribution in [0.1, 0.15) is 46.0 Å². The number of amides is 3. The van der Waals surface area contributed by atoms with Crippen molar-refractivity contribution in [3.63, 3.8) is 0 Å². The highest BCUT2D eigenvalue weighted by Gasteiger charge is 2.39. The molecule has 0 radical (unpaired) electrons. The number of hydrogen-bond acceptors (Lipinski definition) is 8. The molecule has 0 aromatic carbocycles. The fourth-order valence-corrected chi connectivity index (χ4v) is 3.81. The first-order chi connectivity index (χ1) is 15.9. The van der Waals surface area contributed by atoms with Crippen molar-refractivity contribution < 1.29 is 44.0 Å². The molecule has 1 aliphatic rings. The van der Waals surface area contributed by atoms with Crippen LogP contribution in [0.3, 0.4) is 0 Å². The van der Waals surface area contributed by atoms with Crippen LogP contribution in [0, 0.1) is 0 Å². The van der Waals surface area contributed by atoms with E-state index in [4.69, 9.17) is 14.9 Å². The van der Waals surface area contributed by atoms with Crippen LogP contribution in [0.4, 0.5) is 0 Å². The molecule has 1 heterocycles. The van der Waals surface area contributed by atoms with Gasteiger partial charge < -0.3 is 40.9 Å². The number of ether oxygens (including phenoxy) is 1. The van der Waals surface area contributed by atoms with Crippen LogP contribution < -0.4 is 16.0 Å². The van der Waals surface area contributed by atoms with Crippen molar-refractivity contribution in [3.8, 4) is 0 Å². The Kier molecular flexibility index (Phi) is 11.9. The van der Waals surface area contributed by atoms with E-state index in [1.54, 1.807) is 14.0 Å². The van der Waals surface area contributed by atoms with Gasteiger partial charge in [-0.15, -0.1) is 0 Å². The second-order valence-corrected chi connectivity index (χ2v) is 8.35. The first-order valence-corrected chi connectivity index (χ1v) is 11.2. The molecule has 0 aromatic rings. The summed E-state index contributed by atoms with van der Waals surface area (Å²) in [6.07, 6.45) is -1.20. The number of aliphatic hydroxyl groups is 1. The molecule has 0 saturated carbocycles. The quantitative estimate of drug-likeness (QED) is 0.174. The number of carboxylic acids is 2. The Bertz CT molecular complexity index is 746. The molecular weight excluding hydrogens is 452 g/mol. The molecule has 3 amide bonds. The number of nitrogens with one attached hydrogen (secondary N) is 3. The number of aliphatic hydroxyl groups excluding tert-OH is 1. The summed E-state index contributed by atoms with van der Waals surface area (Å²) in [6, 6.07) is -3.94. The molecule has 0 aromatic heterocycles. The van der Waals surface area contributed by atoms with Crippen molar-refractivity contribution in [1.82, 2.24) is 20.9 Å². The lowest BCUT2D eigenvalue weighted by Crippen LogP contribution is -2.61. The van der Waals surface area contributed by atoms with Gasteiger partial charge in [-0.25, -0.2) is 4.79 Å². The molecule has 13 heteroatoms. The third-order valence-corrected chi connectivity index (χ3v) is 5.85. The largest absolute Gasteiger partial charge is 0.481 e. The van der Waals surface area contributed by atoms with Gasteiger partial charge >= 0.3 is 11.9 Å². The van der Waals surface area contributed by atoms with Gasteiger partial charge in [0.25, 0.3) is 0 Å². The summed E-state index contributed by atoms with van der Waals surface area (Å²) >= 11 is 0. The number of rotatable bonds is 13. The summed E-state index contributed by atoms with van der Waals surface area (Å²) in [7, 11) is 3.06. The minimum Gasteiger partial charge on any atom is -0.481 e. The van der Waals surface area contributed by atoms with Gasteiger partial charge in [0.1, 0.15) is 12.1 Å². The van der Waals surface area contributed by atoms with E-state index in [-0.39, 0.29) is 12.8 Å². The SMILES string of the molecule is CN[C@H](C)C(=O)N[C@H](C(=O)N1CCC[C@@H](OC)[C@H]1CCC(=O)N[C@@H](CC(=O)O)C(=O)O)[C@H](C)O. The summed E-state index contributed by atoms with van der Waals surface area (Å²) < 4.78 is 5.51. The molecule has 194 valence electrons. The van der Waals surface area contributed by atoms with Gasteiger partial charge in [0.2, 0.25) is 17.7 Å². The first kappa shape index (κ1) is 29.3. The Hall–Kier alpha value is -2.77. The molecule has 0 aliphatic carbocycles. The van der Waals surface area contributed by atoms with Crippen LogP contribution in [0.5, 0.6) is 0 Å². The van der Waals surface area contributed by atoms with E-state index < -0.39 is 72.5 Å². The zero-order valence-electron chi connectivity index (χ0n) is 19.9. The maximum Gasteiger partial charge on any atom is 0.326 e. The molecule has 13 nitrogen and oxygen atoms in total.